The Morgan fingerprint density at radius 1 is 1.32 bits per heavy atom. The van der Waals surface area contributed by atoms with Crippen molar-refractivity contribution in [3.05, 3.63) is 49.6 Å². The van der Waals surface area contributed by atoms with Crippen LogP contribution in [0.2, 0.25) is 5.02 Å². The molecule has 1 aromatic carbocycles. The zero-order valence-electron chi connectivity index (χ0n) is 9.39. The van der Waals surface area contributed by atoms with Gasteiger partial charge in [-0.3, -0.25) is 0 Å². The lowest BCUT2D eigenvalue weighted by Crippen LogP contribution is -2.10. The average molecular weight is 371 g/mol. The highest BCUT2D eigenvalue weighted by atomic mass is 79.9. The molecule has 0 fully saturated rings. The summed E-state index contributed by atoms with van der Waals surface area (Å²) in [7, 11) is 0. The number of hydrogen-bond acceptors (Lipinski definition) is 2. The molecule has 1 N–H and O–H groups in total. The molecule has 0 aliphatic heterocycles. The van der Waals surface area contributed by atoms with E-state index in [1.165, 1.54) is 23.5 Å². The van der Waals surface area contributed by atoms with Crippen LogP contribution in [0.25, 0.3) is 0 Å². The summed E-state index contributed by atoms with van der Waals surface area (Å²) >= 11 is 10.6. The summed E-state index contributed by atoms with van der Waals surface area (Å²) in [6.45, 7) is 0.295. The van der Waals surface area contributed by atoms with Crippen LogP contribution >= 0.6 is 38.9 Å². The molecule has 0 atom stereocenters. The van der Waals surface area contributed by atoms with Crippen molar-refractivity contribution in [3.8, 4) is 0 Å². The standard InChI is InChI=1S/C12H8BrClF3NS/c13-7-4-8(19-6-7)5-18-11-9(12(15,16)17)2-1-3-10(11)14/h1-4,6,18H,5H2. The van der Waals surface area contributed by atoms with Crippen LogP contribution in [0.15, 0.2) is 34.1 Å². The van der Waals surface area contributed by atoms with Crippen LogP contribution in [-0.2, 0) is 12.7 Å². The van der Waals surface area contributed by atoms with Gasteiger partial charge in [0.2, 0.25) is 0 Å². The minimum absolute atomic E-state index is 0.0606. The molecule has 2 aromatic rings. The summed E-state index contributed by atoms with van der Waals surface area (Å²) in [6, 6.07) is 5.59. The lowest BCUT2D eigenvalue weighted by molar-refractivity contribution is -0.136. The molecule has 19 heavy (non-hydrogen) atoms. The SMILES string of the molecule is FC(F)(F)c1cccc(Cl)c1NCc1cc(Br)cs1. The molecule has 0 aliphatic rings. The number of benzene rings is 1. The number of anilines is 1. The van der Waals surface area contributed by atoms with Gasteiger partial charge in [-0.15, -0.1) is 11.3 Å². The highest BCUT2D eigenvalue weighted by molar-refractivity contribution is 9.10. The maximum Gasteiger partial charge on any atom is 0.418 e. The highest BCUT2D eigenvalue weighted by Gasteiger charge is 2.34. The molecular formula is C12H8BrClF3NS. The Morgan fingerprint density at radius 2 is 2.05 bits per heavy atom. The van der Waals surface area contributed by atoms with E-state index < -0.39 is 11.7 Å². The second-order valence-corrected chi connectivity index (χ2v) is 6.06. The zero-order chi connectivity index (χ0) is 14.0. The van der Waals surface area contributed by atoms with Crippen LogP contribution in [0.1, 0.15) is 10.4 Å². The smallest absolute Gasteiger partial charge is 0.378 e. The van der Waals surface area contributed by atoms with Crippen LogP contribution in [-0.4, -0.2) is 0 Å². The predicted molar refractivity (Wildman–Crippen MR) is 75.8 cm³/mol. The van der Waals surface area contributed by atoms with Gasteiger partial charge < -0.3 is 5.32 Å². The first-order chi connectivity index (χ1) is 8.88. The molecular weight excluding hydrogens is 363 g/mol. The van der Waals surface area contributed by atoms with Crippen molar-refractivity contribution in [1.29, 1.82) is 0 Å². The highest BCUT2D eigenvalue weighted by Crippen LogP contribution is 2.38. The number of nitrogens with one attached hydrogen (secondary N) is 1. The summed E-state index contributed by atoms with van der Waals surface area (Å²) in [5.74, 6) is 0. The number of halogens is 5. The molecule has 1 nitrogen and oxygen atoms in total. The largest absolute Gasteiger partial charge is 0.418 e. The molecule has 0 bridgehead atoms. The maximum atomic E-state index is 12.9. The third-order valence-electron chi connectivity index (χ3n) is 2.38. The molecule has 0 spiro atoms. The molecule has 0 unspecified atom stereocenters. The number of hydrogen-bond donors (Lipinski definition) is 1. The van der Waals surface area contributed by atoms with E-state index >= 15 is 0 Å². The molecule has 0 saturated heterocycles. The molecule has 1 heterocycles. The lowest BCUT2D eigenvalue weighted by atomic mass is 10.1. The molecule has 0 amide bonds. The van der Waals surface area contributed by atoms with Crippen LogP contribution < -0.4 is 5.32 Å². The Bertz CT molecular complexity index is 583. The second-order valence-electron chi connectivity index (χ2n) is 3.74. The van der Waals surface area contributed by atoms with Crippen molar-refractivity contribution in [1.82, 2.24) is 0 Å². The van der Waals surface area contributed by atoms with Gasteiger partial charge in [0, 0.05) is 21.3 Å². The minimum Gasteiger partial charge on any atom is -0.378 e. The van der Waals surface area contributed by atoms with Crippen LogP contribution in [0.3, 0.4) is 0 Å². The maximum absolute atomic E-state index is 12.9. The van der Waals surface area contributed by atoms with Gasteiger partial charge in [0.25, 0.3) is 0 Å². The van der Waals surface area contributed by atoms with E-state index in [1.54, 1.807) is 0 Å². The normalized spacial score (nSPS) is 11.6. The van der Waals surface area contributed by atoms with Crippen LogP contribution in [0.4, 0.5) is 18.9 Å². The Morgan fingerprint density at radius 3 is 2.63 bits per heavy atom. The van der Waals surface area contributed by atoms with Gasteiger partial charge in [0.15, 0.2) is 0 Å². The molecule has 0 radical (unpaired) electrons. The first kappa shape index (κ1) is 14.7. The van der Waals surface area contributed by atoms with E-state index in [-0.39, 0.29) is 10.7 Å². The third kappa shape index (κ3) is 3.64. The van der Waals surface area contributed by atoms with E-state index in [4.69, 9.17) is 11.6 Å². The van der Waals surface area contributed by atoms with Gasteiger partial charge in [-0.05, 0) is 34.1 Å². The fourth-order valence-electron chi connectivity index (χ4n) is 1.56. The van der Waals surface area contributed by atoms with Gasteiger partial charge in [0.1, 0.15) is 0 Å². The summed E-state index contributed by atoms with van der Waals surface area (Å²) in [5, 5.41) is 4.69. The summed E-state index contributed by atoms with van der Waals surface area (Å²) < 4.78 is 39.5. The molecule has 0 saturated carbocycles. The quantitative estimate of drug-likeness (QED) is 0.720. The molecule has 7 heteroatoms. The monoisotopic (exact) mass is 369 g/mol. The first-order valence-corrected chi connectivity index (χ1v) is 7.25. The Labute approximate surface area is 125 Å². The Kier molecular flexibility index (Phi) is 4.43. The Balaban J connectivity index is 2.24. The van der Waals surface area contributed by atoms with Crippen LogP contribution in [0, 0.1) is 0 Å². The van der Waals surface area contributed by atoms with E-state index in [0.29, 0.717) is 6.54 Å². The van der Waals surface area contributed by atoms with E-state index in [2.05, 4.69) is 21.2 Å². The molecule has 1 aromatic heterocycles. The lowest BCUT2D eigenvalue weighted by Gasteiger charge is -2.15. The average Bonchev–Trinajstić information content (AvgIpc) is 2.72. The van der Waals surface area contributed by atoms with Crippen molar-refractivity contribution in [3.63, 3.8) is 0 Å². The second kappa shape index (κ2) is 5.73. The number of thiophene rings is 1. The molecule has 0 aliphatic carbocycles. The number of rotatable bonds is 3. The van der Waals surface area contributed by atoms with Gasteiger partial charge >= 0.3 is 6.18 Å². The van der Waals surface area contributed by atoms with Crippen molar-refractivity contribution in [2.75, 3.05) is 5.32 Å². The number of para-hydroxylation sites is 1. The zero-order valence-corrected chi connectivity index (χ0v) is 12.6. The van der Waals surface area contributed by atoms with Gasteiger partial charge in [-0.1, -0.05) is 17.7 Å². The Hall–Kier alpha value is -0.720. The summed E-state index contributed by atoms with van der Waals surface area (Å²) in [6.07, 6.45) is -4.43. The summed E-state index contributed by atoms with van der Waals surface area (Å²) in [4.78, 5) is 0.917. The van der Waals surface area contributed by atoms with Crippen molar-refractivity contribution >= 4 is 44.6 Å². The third-order valence-corrected chi connectivity index (χ3v) is 4.39. The van der Waals surface area contributed by atoms with Gasteiger partial charge in [0.05, 0.1) is 16.3 Å². The fraction of sp³-hybridized carbons (Fsp3) is 0.167. The predicted octanol–water partition coefficient (Wildman–Crippen LogP) is 5.79. The fourth-order valence-corrected chi connectivity index (χ4v) is 3.19. The van der Waals surface area contributed by atoms with E-state index in [1.807, 2.05) is 11.4 Å². The number of alkyl halides is 3. The topological polar surface area (TPSA) is 12.0 Å². The molecule has 102 valence electrons. The minimum atomic E-state index is -4.43. The van der Waals surface area contributed by atoms with Crippen molar-refractivity contribution in [2.24, 2.45) is 0 Å². The van der Waals surface area contributed by atoms with Crippen molar-refractivity contribution < 1.29 is 13.2 Å². The van der Waals surface area contributed by atoms with E-state index in [0.717, 1.165) is 15.4 Å². The van der Waals surface area contributed by atoms with Gasteiger partial charge in [-0.2, -0.15) is 13.2 Å². The van der Waals surface area contributed by atoms with Crippen LogP contribution in [0.5, 0.6) is 0 Å². The summed E-state index contributed by atoms with van der Waals surface area (Å²) in [5.41, 5.74) is -0.836. The van der Waals surface area contributed by atoms with Crippen molar-refractivity contribution in [2.45, 2.75) is 12.7 Å². The molecule has 2 rings (SSSR count). The first-order valence-electron chi connectivity index (χ1n) is 5.20. The van der Waals surface area contributed by atoms with Gasteiger partial charge in [-0.25, -0.2) is 0 Å². The van der Waals surface area contributed by atoms with E-state index in [9.17, 15) is 13.2 Å².